The van der Waals surface area contributed by atoms with Gasteiger partial charge < -0.3 is 10.2 Å². The summed E-state index contributed by atoms with van der Waals surface area (Å²) < 4.78 is 1.99. The quantitative estimate of drug-likeness (QED) is 0.518. The standard InChI is InChI=1S/C24H28N6O2S/c1-17-10-12-20(13-11-17)30-23(29-14-6-7-15-29)27-28-24(30)33-18(2)21(31)26-22(32)25-16-19-8-4-3-5-9-19/h3-5,8-13,18H,6-7,14-16H2,1-2H3,(H2,25,26,31,32). The van der Waals surface area contributed by atoms with Crippen molar-refractivity contribution in [1.29, 1.82) is 0 Å². The number of nitrogens with zero attached hydrogens (tertiary/aromatic N) is 4. The predicted octanol–water partition coefficient (Wildman–Crippen LogP) is 3.68. The van der Waals surface area contributed by atoms with Crippen molar-refractivity contribution in [3.63, 3.8) is 0 Å². The average Bonchev–Trinajstić information content (AvgIpc) is 3.49. The fourth-order valence-electron chi connectivity index (χ4n) is 3.63. The van der Waals surface area contributed by atoms with Crippen LogP contribution in [-0.4, -0.2) is 45.0 Å². The smallest absolute Gasteiger partial charge is 0.321 e. The van der Waals surface area contributed by atoms with Gasteiger partial charge in [0.1, 0.15) is 0 Å². The van der Waals surface area contributed by atoms with Crippen molar-refractivity contribution in [3.05, 3.63) is 65.7 Å². The molecular formula is C24H28N6O2S. The molecule has 33 heavy (non-hydrogen) atoms. The monoisotopic (exact) mass is 464 g/mol. The molecule has 2 N–H and O–H groups in total. The van der Waals surface area contributed by atoms with Crippen molar-refractivity contribution in [2.45, 2.75) is 43.6 Å². The third-order valence-electron chi connectivity index (χ3n) is 5.48. The van der Waals surface area contributed by atoms with Crippen LogP contribution in [0.5, 0.6) is 0 Å². The highest BCUT2D eigenvalue weighted by atomic mass is 32.2. The molecule has 0 saturated carbocycles. The number of anilines is 1. The van der Waals surface area contributed by atoms with Crippen LogP contribution in [0.15, 0.2) is 59.8 Å². The Balaban J connectivity index is 1.44. The van der Waals surface area contributed by atoms with Crippen molar-refractivity contribution in [1.82, 2.24) is 25.4 Å². The minimum Gasteiger partial charge on any atom is -0.341 e. The molecule has 2 heterocycles. The molecule has 0 bridgehead atoms. The van der Waals surface area contributed by atoms with Crippen LogP contribution < -0.4 is 15.5 Å². The molecule has 0 spiro atoms. The summed E-state index contributed by atoms with van der Waals surface area (Å²) in [4.78, 5) is 27.1. The van der Waals surface area contributed by atoms with Crippen LogP contribution in [0.25, 0.3) is 5.69 Å². The molecule has 1 aromatic heterocycles. The second kappa shape index (κ2) is 10.5. The second-order valence-corrected chi connectivity index (χ2v) is 9.37. The van der Waals surface area contributed by atoms with Crippen LogP contribution in [0.3, 0.4) is 0 Å². The van der Waals surface area contributed by atoms with Crippen molar-refractivity contribution in [2.24, 2.45) is 0 Å². The molecule has 1 aliphatic heterocycles. The predicted molar refractivity (Wildman–Crippen MR) is 130 cm³/mol. The molecule has 0 aliphatic carbocycles. The summed E-state index contributed by atoms with van der Waals surface area (Å²) in [6, 6.07) is 17.2. The number of nitrogens with one attached hydrogen (secondary N) is 2. The number of thioether (sulfide) groups is 1. The van der Waals surface area contributed by atoms with E-state index in [-0.39, 0.29) is 5.91 Å². The van der Waals surface area contributed by atoms with Gasteiger partial charge in [-0.15, -0.1) is 10.2 Å². The Morgan fingerprint density at radius 2 is 1.73 bits per heavy atom. The molecular weight excluding hydrogens is 436 g/mol. The minimum atomic E-state index is -0.535. The Morgan fingerprint density at radius 1 is 1.03 bits per heavy atom. The van der Waals surface area contributed by atoms with Crippen LogP contribution in [-0.2, 0) is 11.3 Å². The van der Waals surface area contributed by atoms with Gasteiger partial charge in [-0.1, -0.05) is 59.8 Å². The lowest BCUT2D eigenvalue weighted by atomic mass is 10.2. The molecule has 1 unspecified atom stereocenters. The molecule has 4 rings (SSSR count). The molecule has 0 radical (unpaired) electrons. The normalized spacial score (nSPS) is 14.2. The van der Waals surface area contributed by atoms with Gasteiger partial charge in [-0.25, -0.2) is 4.79 Å². The minimum absolute atomic E-state index is 0.350. The lowest BCUT2D eigenvalue weighted by Crippen LogP contribution is -2.42. The van der Waals surface area contributed by atoms with E-state index >= 15 is 0 Å². The molecule has 1 atom stereocenters. The van der Waals surface area contributed by atoms with Gasteiger partial charge in [0.05, 0.1) is 10.9 Å². The lowest BCUT2D eigenvalue weighted by Gasteiger charge is -2.19. The van der Waals surface area contributed by atoms with Gasteiger partial charge in [-0.3, -0.25) is 14.7 Å². The fourth-order valence-corrected chi connectivity index (χ4v) is 4.49. The van der Waals surface area contributed by atoms with Crippen molar-refractivity contribution >= 4 is 29.6 Å². The zero-order chi connectivity index (χ0) is 23.2. The van der Waals surface area contributed by atoms with Crippen molar-refractivity contribution in [3.8, 4) is 5.69 Å². The highest BCUT2D eigenvalue weighted by Crippen LogP contribution is 2.30. The summed E-state index contributed by atoms with van der Waals surface area (Å²) in [5.74, 6) is 0.402. The van der Waals surface area contributed by atoms with Crippen LogP contribution in [0, 0.1) is 6.92 Å². The number of urea groups is 1. The number of amides is 3. The van der Waals surface area contributed by atoms with Gasteiger partial charge >= 0.3 is 6.03 Å². The summed E-state index contributed by atoms with van der Waals surface area (Å²) in [6.07, 6.45) is 2.25. The summed E-state index contributed by atoms with van der Waals surface area (Å²) >= 11 is 1.28. The molecule has 8 nitrogen and oxygen atoms in total. The fraction of sp³-hybridized carbons (Fsp3) is 0.333. The number of hydrogen-bond acceptors (Lipinski definition) is 6. The lowest BCUT2D eigenvalue weighted by molar-refractivity contribution is -0.119. The van der Waals surface area contributed by atoms with Gasteiger partial charge in [-0.2, -0.15) is 0 Å². The van der Waals surface area contributed by atoms with Crippen LogP contribution >= 0.6 is 11.8 Å². The number of imide groups is 1. The van der Waals surface area contributed by atoms with Gasteiger partial charge in [0.2, 0.25) is 11.9 Å². The number of carbonyl (C=O) groups is 2. The Morgan fingerprint density at radius 3 is 2.42 bits per heavy atom. The largest absolute Gasteiger partial charge is 0.341 e. The van der Waals surface area contributed by atoms with E-state index in [9.17, 15) is 9.59 Å². The molecule has 3 aromatic rings. The van der Waals surface area contributed by atoms with E-state index in [1.807, 2.05) is 66.1 Å². The maximum atomic E-state index is 12.7. The third-order valence-corrected chi connectivity index (χ3v) is 6.52. The molecule has 1 saturated heterocycles. The van der Waals surface area contributed by atoms with Gasteiger partial charge in [0.15, 0.2) is 5.16 Å². The number of hydrogen-bond donors (Lipinski definition) is 2. The first kappa shape index (κ1) is 22.8. The van der Waals surface area contributed by atoms with Gasteiger partial charge in [0, 0.05) is 19.6 Å². The summed E-state index contributed by atoms with van der Waals surface area (Å²) in [7, 11) is 0. The Labute approximate surface area is 197 Å². The highest BCUT2D eigenvalue weighted by Gasteiger charge is 2.25. The van der Waals surface area contributed by atoms with Crippen molar-refractivity contribution in [2.75, 3.05) is 18.0 Å². The highest BCUT2D eigenvalue weighted by molar-refractivity contribution is 8.00. The average molecular weight is 465 g/mol. The zero-order valence-electron chi connectivity index (χ0n) is 18.8. The number of benzene rings is 2. The van der Waals surface area contributed by atoms with E-state index < -0.39 is 11.3 Å². The van der Waals surface area contributed by atoms with E-state index in [2.05, 4.69) is 25.7 Å². The van der Waals surface area contributed by atoms with Gasteiger partial charge in [-0.05, 0) is 44.4 Å². The topological polar surface area (TPSA) is 92.2 Å². The molecule has 172 valence electrons. The van der Waals surface area contributed by atoms with E-state index in [0.717, 1.165) is 48.7 Å². The third kappa shape index (κ3) is 5.73. The Hall–Kier alpha value is -3.33. The Bertz CT molecular complexity index is 1090. The molecule has 9 heteroatoms. The number of carbonyl (C=O) groups excluding carboxylic acids is 2. The maximum absolute atomic E-state index is 12.7. The van der Waals surface area contributed by atoms with E-state index in [1.54, 1.807) is 6.92 Å². The maximum Gasteiger partial charge on any atom is 0.321 e. The second-order valence-electron chi connectivity index (χ2n) is 8.07. The SMILES string of the molecule is Cc1ccc(-n2c(SC(C)C(=O)NC(=O)NCc3ccccc3)nnc2N2CCCC2)cc1. The summed E-state index contributed by atoms with van der Waals surface area (Å²) in [5.41, 5.74) is 3.07. The Kier molecular flexibility index (Phi) is 7.29. The summed E-state index contributed by atoms with van der Waals surface area (Å²) in [5, 5.41) is 14.0. The van der Waals surface area contributed by atoms with Crippen LogP contribution in [0.4, 0.5) is 10.7 Å². The zero-order valence-corrected chi connectivity index (χ0v) is 19.6. The molecule has 3 amide bonds. The number of rotatable bonds is 7. The first-order valence-corrected chi connectivity index (χ1v) is 12.0. The number of aromatic nitrogens is 3. The van der Waals surface area contributed by atoms with Crippen LogP contribution in [0.1, 0.15) is 30.9 Å². The van der Waals surface area contributed by atoms with E-state index in [0.29, 0.717) is 11.7 Å². The molecule has 2 aromatic carbocycles. The van der Waals surface area contributed by atoms with E-state index in [4.69, 9.17) is 0 Å². The van der Waals surface area contributed by atoms with Crippen LogP contribution in [0.2, 0.25) is 0 Å². The molecule has 1 aliphatic rings. The van der Waals surface area contributed by atoms with Gasteiger partial charge in [0.25, 0.3) is 0 Å². The molecule has 1 fully saturated rings. The number of aryl methyl sites for hydroxylation is 1. The first-order valence-electron chi connectivity index (χ1n) is 11.1. The summed E-state index contributed by atoms with van der Waals surface area (Å²) in [6.45, 7) is 6.03. The van der Waals surface area contributed by atoms with E-state index in [1.165, 1.54) is 11.8 Å². The van der Waals surface area contributed by atoms with Crippen molar-refractivity contribution < 1.29 is 9.59 Å². The first-order chi connectivity index (χ1) is 16.0.